The van der Waals surface area contributed by atoms with E-state index in [9.17, 15) is 0 Å². The third-order valence-corrected chi connectivity index (χ3v) is 4.40. The molecule has 0 spiro atoms. The summed E-state index contributed by atoms with van der Waals surface area (Å²) in [6.45, 7) is 9.24. The van der Waals surface area contributed by atoms with Gasteiger partial charge < -0.3 is 5.32 Å². The van der Waals surface area contributed by atoms with Crippen LogP contribution in [0.15, 0.2) is 18.2 Å². The minimum Gasteiger partial charge on any atom is -0.320 e. The number of benzene rings is 1. The summed E-state index contributed by atoms with van der Waals surface area (Å²) in [4.78, 5) is 2.62. The minimum atomic E-state index is 0.933. The molecular weight excluding hydrogens is 232 g/mol. The number of piperidine rings is 1. The number of aryl methyl sites for hydroxylation is 2. The zero-order valence-electron chi connectivity index (χ0n) is 12.7. The van der Waals surface area contributed by atoms with Gasteiger partial charge in [0, 0.05) is 6.54 Å². The Morgan fingerprint density at radius 3 is 2.58 bits per heavy atom. The van der Waals surface area contributed by atoms with E-state index in [0.29, 0.717) is 0 Å². The van der Waals surface area contributed by atoms with Gasteiger partial charge in [-0.2, -0.15) is 0 Å². The standard InChI is InChI=1S/C17H28N2/c1-14-4-5-17(15(2)12-14)13-19-10-7-16(8-11-19)6-9-18-3/h4-5,12,16,18H,6-11,13H2,1-3H3. The molecule has 1 aromatic rings. The number of nitrogens with zero attached hydrogens (tertiary/aromatic N) is 1. The number of nitrogens with one attached hydrogen (secondary N) is 1. The van der Waals surface area contributed by atoms with Crippen LogP contribution >= 0.6 is 0 Å². The lowest BCUT2D eigenvalue weighted by Gasteiger charge is -2.32. The maximum absolute atomic E-state index is 3.27. The molecule has 0 aromatic heterocycles. The van der Waals surface area contributed by atoms with Gasteiger partial charge in [-0.1, -0.05) is 23.8 Å². The highest BCUT2D eigenvalue weighted by molar-refractivity contribution is 5.30. The maximum atomic E-state index is 3.27. The average Bonchev–Trinajstić information content (AvgIpc) is 2.41. The molecule has 0 bridgehead atoms. The molecule has 0 saturated carbocycles. The van der Waals surface area contributed by atoms with Gasteiger partial charge in [0.05, 0.1) is 0 Å². The van der Waals surface area contributed by atoms with Crippen molar-refractivity contribution in [3.63, 3.8) is 0 Å². The van der Waals surface area contributed by atoms with Gasteiger partial charge in [-0.25, -0.2) is 0 Å². The molecule has 0 aliphatic carbocycles. The van der Waals surface area contributed by atoms with Crippen molar-refractivity contribution in [2.45, 2.75) is 39.7 Å². The first-order valence-corrected chi connectivity index (χ1v) is 7.62. The zero-order valence-corrected chi connectivity index (χ0v) is 12.7. The Hall–Kier alpha value is -0.860. The van der Waals surface area contributed by atoms with Gasteiger partial charge in [-0.15, -0.1) is 0 Å². The van der Waals surface area contributed by atoms with Crippen LogP contribution in [0.2, 0.25) is 0 Å². The molecule has 0 amide bonds. The summed E-state index contributed by atoms with van der Waals surface area (Å²) in [7, 11) is 2.05. The predicted octanol–water partition coefficient (Wildman–Crippen LogP) is 3.12. The summed E-state index contributed by atoms with van der Waals surface area (Å²) in [6, 6.07) is 6.84. The van der Waals surface area contributed by atoms with Crippen LogP contribution in [0.1, 0.15) is 36.0 Å². The Morgan fingerprint density at radius 2 is 1.95 bits per heavy atom. The fourth-order valence-electron chi connectivity index (χ4n) is 3.05. The molecule has 1 aliphatic heterocycles. The Morgan fingerprint density at radius 1 is 1.21 bits per heavy atom. The average molecular weight is 260 g/mol. The highest BCUT2D eigenvalue weighted by Gasteiger charge is 2.19. The van der Waals surface area contributed by atoms with Gasteiger partial charge in [-0.3, -0.25) is 4.90 Å². The van der Waals surface area contributed by atoms with Crippen LogP contribution in [-0.4, -0.2) is 31.6 Å². The molecule has 2 nitrogen and oxygen atoms in total. The van der Waals surface area contributed by atoms with Gasteiger partial charge in [-0.05, 0) is 76.8 Å². The number of hydrogen-bond donors (Lipinski definition) is 1. The zero-order chi connectivity index (χ0) is 13.7. The first-order chi connectivity index (χ1) is 9.19. The molecule has 1 saturated heterocycles. The van der Waals surface area contributed by atoms with E-state index in [-0.39, 0.29) is 0 Å². The summed E-state index contributed by atoms with van der Waals surface area (Å²) in [6.07, 6.45) is 4.08. The molecular formula is C17H28N2. The van der Waals surface area contributed by atoms with Crippen molar-refractivity contribution in [3.05, 3.63) is 34.9 Å². The monoisotopic (exact) mass is 260 g/mol. The highest BCUT2D eigenvalue weighted by atomic mass is 15.1. The Balaban J connectivity index is 1.82. The largest absolute Gasteiger partial charge is 0.320 e. The summed E-state index contributed by atoms with van der Waals surface area (Å²) < 4.78 is 0. The summed E-state index contributed by atoms with van der Waals surface area (Å²) in [5.74, 6) is 0.933. The topological polar surface area (TPSA) is 15.3 Å². The summed E-state index contributed by atoms with van der Waals surface area (Å²) >= 11 is 0. The second-order valence-electron chi connectivity index (χ2n) is 6.04. The Kier molecular flexibility index (Phi) is 5.41. The van der Waals surface area contributed by atoms with E-state index in [0.717, 1.165) is 12.5 Å². The van der Waals surface area contributed by atoms with Crippen LogP contribution in [0.25, 0.3) is 0 Å². The van der Waals surface area contributed by atoms with Gasteiger partial charge >= 0.3 is 0 Å². The van der Waals surface area contributed by atoms with Crippen LogP contribution in [0, 0.1) is 19.8 Å². The van der Waals surface area contributed by atoms with E-state index in [1.54, 1.807) is 0 Å². The molecule has 0 radical (unpaired) electrons. The lowest BCUT2D eigenvalue weighted by molar-refractivity contribution is 0.172. The molecule has 1 aliphatic rings. The minimum absolute atomic E-state index is 0.933. The van der Waals surface area contributed by atoms with Crippen molar-refractivity contribution in [2.24, 2.45) is 5.92 Å². The first-order valence-electron chi connectivity index (χ1n) is 7.62. The van der Waals surface area contributed by atoms with Crippen molar-refractivity contribution < 1.29 is 0 Å². The predicted molar refractivity (Wildman–Crippen MR) is 82.5 cm³/mol. The van der Waals surface area contributed by atoms with Crippen molar-refractivity contribution >= 4 is 0 Å². The summed E-state index contributed by atoms with van der Waals surface area (Å²) in [5, 5.41) is 3.27. The normalized spacial score (nSPS) is 17.8. The van der Waals surface area contributed by atoms with E-state index < -0.39 is 0 Å². The van der Waals surface area contributed by atoms with Gasteiger partial charge in [0.25, 0.3) is 0 Å². The fourth-order valence-corrected chi connectivity index (χ4v) is 3.05. The molecule has 1 aromatic carbocycles. The quantitative estimate of drug-likeness (QED) is 0.875. The van der Waals surface area contributed by atoms with E-state index in [4.69, 9.17) is 0 Å². The lowest BCUT2D eigenvalue weighted by Crippen LogP contribution is -2.34. The third kappa shape index (κ3) is 4.32. The Labute approximate surface area is 118 Å². The highest BCUT2D eigenvalue weighted by Crippen LogP contribution is 2.22. The molecule has 1 N–H and O–H groups in total. The maximum Gasteiger partial charge on any atom is 0.0236 e. The molecule has 1 fully saturated rings. The van der Waals surface area contributed by atoms with Crippen LogP contribution in [0.3, 0.4) is 0 Å². The van der Waals surface area contributed by atoms with Crippen LogP contribution in [0.4, 0.5) is 0 Å². The molecule has 106 valence electrons. The molecule has 2 rings (SSSR count). The lowest BCUT2D eigenvalue weighted by atomic mass is 9.93. The molecule has 0 atom stereocenters. The van der Waals surface area contributed by atoms with Crippen molar-refractivity contribution in [1.82, 2.24) is 10.2 Å². The van der Waals surface area contributed by atoms with E-state index in [1.165, 1.54) is 55.6 Å². The molecule has 0 unspecified atom stereocenters. The Bertz CT molecular complexity index is 392. The van der Waals surface area contributed by atoms with Crippen LogP contribution in [0.5, 0.6) is 0 Å². The second kappa shape index (κ2) is 7.06. The van der Waals surface area contributed by atoms with Crippen molar-refractivity contribution in [2.75, 3.05) is 26.7 Å². The molecule has 1 heterocycles. The molecule has 19 heavy (non-hydrogen) atoms. The first kappa shape index (κ1) is 14.5. The number of hydrogen-bond acceptors (Lipinski definition) is 2. The smallest absolute Gasteiger partial charge is 0.0236 e. The fraction of sp³-hybridized carbons (Fsp3) is 0.647. The van der Waals surface area contributed by atoms with Gasteiger partial charge in [0.15, 0.2) is 0 Å². The van der Waals surface area contributed by atoms with Gasteiger partial charge in [0.2, 0.25) is 0 Å². The number of rotatable bonds is 5. The van der Waals surface area contributed by atoms with E-state index in [2.05, 4.69) is 49.3 Å². The second-order valence-corrected chi connectivity index (χ2v) is 6.04. The van der Waals surface area contributed by atoms with Crippen LogP contribution in [-0.2, 0) is 6.54 Å². The van der Waals surface area contributed by atoms with Crippen molar-refractivity contribution in [3.8, 4) is 0 Å². The van der Waals surface area contributed by atoms with Gasteiger partial charge in [0.1, 0.15) is 0 Å². The number of likely N-dealkylation sites (tertiary alicyclic amines) is 1. The summed E-state index contributed by atoms with van der Waals surface area (Å²) in [5.41, 5.74) is 4.31. The third-order valence-electron chi connectivity index (χ3n) is 4.40. The molecule has 2 heteroatoms. The van der Waals surface area contributed by atoms with E-state index >= 15 is 0 Å². The van der Waals surface area contributed by atoms with E-state index in [1.807, 2.05) is 0 Å². The van der Waals surface area contributed by atoms with Crippen LogP contribution < -0.4 is 5.32 Å². The van der Waals surface area contributed by atoms with Crippen molar-refractivity contribution in [1.29, 1.82) is 0 Å². The SMILES string of the molecule is CNCCC1CCN(Cc2ccc(C)cc2C)CC1.